The fourth-order valence-electron chi connectivity index (χ4n) is 5.66. The molecular formula is C21H30BrN3O3. The molecule has 4 fully saturated rings. The highest BCUT2D eigenvalue weighted by molar-refractivity contribution is 9.10. The molecule has 28 heavy (non-hydrogen) atoms. The van der Waals surface area contributed by atoms with Gasteiger partial charge in [-0.25, -0.2) is 9.48 Å². The molecule has 2 bridgehead atoms. The van der Waals surface area contributed by atoms with Gasteiger partial charge >= 0.3 is 5.97 Å². The van der Waals surface area contributed by atoms with Crippen LogP contribution in [0.25, 0.3) is 0 Å². The van der Waals surface area contributed by atoms with Crippen LogP contribution in [0.15, 0.2) is 15.5 Å². The predicted molar refractivity (Wildman–Crippen MR) is 111 cm³/mol. The van der Waals surface area contributed by atoms with Gasteiger partial charge in [-0.3, -0.25) is 4.79 Å². The van der Waals surface area contributed by atoms with E-state index in [1.807, 2.05) is 0 Å². The Labute approximate surface area is 174 Å². The van der Waals surface area contributed by atoms with E-state index < -0.39 is 5.54 Å². The van der Waals surface area contributed by atoms with Gasteiger partial charge in [-0.05, 0) is 78.1 Å². The Kier molecular flexibility index (Phi) is 4.88. The minimum atomic E-state index is -0.947. The molecule has 0 radical (unpaired) electrons. The number of anilines is 1. The maximum atomic E-state index is 13.0. The first-order valence-electron chi connectivity index (χ1n) is 10.4. The number of aromatic nitrogens is 2. The number of fused-ring (bicyclic) bond motifs is 2. The number of nitrogens with zero attached hydrogens (tertiary/aromatic N) is 2. The third kappa shape index (κ3) is 2.76. The van der Waals surface area contributed by atoms with Crippen LogP contribution in [-0.2, 0) is 15.1 Å². The lowest BCUT2D eigenvalue weighted by Crippen LogP contribution is -2.58. The van der Waals surface area contributed by atoms with Gasteiger partial charge in [-0.15, -0.1) is 0 Å². The standard InChI is InChI=1S/C21H30BrN3O3/c1-5-28-19(27)21(7-6-8-21)25-18(26)17(22)16(11-23-25)24-15-10-13-9-14(12(15)2)20(13,3)4/h11-15,24H,5-10H2,1-4H3/t12-,13+,14-,15-/m1/s1. The monoisotopic (exact) mass is 451 g/mol. The van der Waals surface area contributed by atoms with Gasteiger partial charge < -0.3 is 10.1 Å². The average Bonchev–Trinajstić information content (AvgIpc) is 2.61. The largest absolute Gasteiger partial charge is 0.464 e. The number of carbonyl (C=O) groups is 1. The molecule has 1 heterocycles. The van der Waals surface area contributed by atoms with Gasteiger partial charge in [0.1, 0.15) is 4.47 Å². The summed E-state index contributed by atoms with van der Waals surface area (Å²) >= 11 is 3.47. The smallest absolute Gasteiger partial charge is 0.334 e. The minimum Gasteiger partial charge on any atom is -0.464 e. The second kappa shape index (κ2) is 6.85. The fourth-order valence-corrected chi connectivity index (χ4v) is 6.04. The zero-order valence-corrected chi connectivity index (χ0v) is 18.7. The summed E-state index contributed by atoms with van der Waals surface area (Å²) in [4.78, 5) is 25.5. The molecule has 6 nitrogen and oxygen atoms in total. The first-order chi connectivity index (χ1) is 13.2. The summed E-state index contributed by atoms with van der Waals surface area (Å²) in [6.45, 7) is 9.15. The summed E-state index contributed by atoms with van der Waals surface area (Å²) < 4.78 is 7.01. The zero-order valence-electron chi connectivity index (χ0n) is 17.1. The highest BCUT2D eigenvalue weighted by atomic mass is 79.9. The van der Waals surface area contributed by atoms with Crippen LogP contribution in [0.1, 0.15) is 59.8 Å². The van der Waals surface area contributed by atoms with Crippen LogP contribution in [0, 0.1) is 23.2 Å². The lowest BCUT2D eigenvalue weighted by Gasteiger charge is -2.62. The fraction of sp³-hybridized carbons (Fsp3) is 0.762. The Morgan fingerprint density at radius 1 is 1.39 bits per heavy atom. The summed E-state index contributed by atoms with van der Waals surface area (Å²) in [6, 6.07) is 0.341. The molecule has 1 aromatic heterocycles. The third-order valence-electron chi connectivity index (χ3n) is 7.86. The normalized spacial score (nSPS) is 32.0. The van der Waals surface area contributed by atoms with Crippen LogP contribution < -0.4 is 10.9 Å². The van der Waals surface area contributed by atoms with Gasteiger partial charge in [0.25, 0.3) is 5.56 Å². The predicted octanol–water partition coefficient (Wildman–Crippen LogP) is 3.93. The zero-order chi connectivity index (χ0) is 20.3. The highest BCUT2D eigenvalue weighted by Crippen LogP contribution is 2.61. The number of ether oxygens (including phenoxy) is 1. The molecular weight excluding hydrogens is 422 g/mol. The van der Waals surface area contributed by atoms with Crippen LogP contribution in [0.2, 0.25) is 0 Å². The summed E-state index contributed by atoms with van der Waals surface area (Å²) in [5.74, 6) is 1.65. The van der Waals surface area contributed by atoms with Gasteiger partial charge in [-0.1, -0.05) is 20.8 Å². The van der Waals surface area contributed by atoms with E-state index in [1.54, 1.807) is 13.1 Å². The van der Waals surface area contributed by atoms with E-state index in [4.69, 9.17) is 4.74 Å². The minimum absolute atomic E-state index is 0.272. The average molecular weight is 452 g/mol. The van der Waals surface area contributed by atoms with Gasteiger partial charge in [0, 0.05) is 6.04 Å². The number of halogens is 1. The summed E-state index contributed by atoms with van der Waals surface area (Å²) in [5.41, 5.74) is -0.0766. The number of esters is 1. The third-order valence-corrected chi connectivity index (χ3v) is 8.62. The molecule has 0 aromatic carbocycles. The van der Waals surface area contributed by atoms with Crippen LogP contribution in [0.3, 0.4) is 0 Å². The molecule has 4 aliphatic carbocycles. The number of nitrogens with one attached hydrogen (secondary N) is 1. The van der Waals surface area contributed by atoms with Gasteiger partial charge in [-0.2, -0.15) is 5.10 Å². The number of rotatable bonds is 5. The Morgan fingerprint density at radius 3 is 2.64 bits per heavy atom. The molecule has 154 valence electrons. The van der Waals surface area contributed by atoms with Crippen LogP contribution in [0.5, 0.6) is 0 Å². The first-order valence-corrected chi connectivity index (χ1v) is 11.2. The van der Waals surface area contributed by atoms with Crippen molar-refractivity contribution in [3.8, 4) is 0 Å². The van der Waals surface area contributed by atoms with E-state index >= 15 is 0 Å². The molecule has 5 rings (SSSR count). The molecule has 4 saturated carbocycles. The Morgan fingerprint density at radius 2 is 2.11 bits per heavy atom. The van der Waals surface area contributed by atoms with Crippen molar-refractivity contribution in [2.75, 3.05) is 11.9 Å². The molecule has 1 aromatic rings. The van der Waals surface area contributed by atoms with Crippen molar-refractivity contribution < 1.29 is 9.53 Å². The van der Waals surface area contributed by atoms with E-state index in [0.29, 0.717) is 41.3 Å². The van der Waals surface area contributed by atoms with Gasteiger partial charge in [0.2, 0.25) is 0 Å². The van der Waals surface area contributed by atoms with E-state index in [9.17, 15) is 9.59 Å². The second-order valence-electron chi connectivity index (χ2n) is 9.40. The Hall–Kier alpha value is -1.37. The molecule has 0 aliphatic heterocycles. The SMILES string of the molecule is CCOC(=O)C1(n2ncc(N[C@@H]3C[C@@H]4C[C@H]([C@H]3C)C4(C)C)c(Br)c2=O)CCC1. The van der Waals surface area contributed by atoms with E-state index in [2.05, 4.69) is 47.1 Å². The van der Waals surface area contributed by atoms with Crippen LogP contribution >= 0.6 is 15.9 Å². The van der Waals surface area contributed by atoms with E-state index in [0.717, 1.165) is 30.4 Å². The van der Waals surface area contributed by atoms with Crippen molar-refractivity contribution in [2.45, 2.75) is 71.4 Å². The highest BCUT2D eigenvalue weighted by Gasteiger charge is 2.56. The summed E-state index contributed by atoms with van der Waals surface area (Å²) in [6.07, 6.45) is 6.19. The van der Waals surface area contributed by atoms with Crippen molar-refractivity contribution in [2.24, 2.45) is 23.2 Å². The quantitative estimate of drug-likeness (QED) is 0.686. The number of hydrogen-bond acceptors (Lipinski definition) is 5. The van der Waals surface area contributed by atoms with Crippen molar-refractivity contribution in [1.82, 2.24) is 9.78 Å². The van der Waals surface area contributed by atoms with Crippen molar-refractivity contribution in [3.05, 3.63) is 21.0 Å². The van der Waals surface area contributed by atoms with Gasteiger partial charge in [0.05, 0.1) is 18.5 Å². The van der Waals surface area contributed by atoms with Crippen molar-refractivity contribution in [3.63, 3.8) is 0 Å². The van der Waals surface area contributed by atoms with Crippen molar-refractivity contribution in [1.29, 1.82) is 0 Å². The summed E-state index contributed by atoms with van der Waals surface area (Å²) in [7, 11) is 0. The van der Waals surface area contributed by atoms with Gasteiger partial charge in [0.15, 0.2) is 5.54 Å². The van der Waals surface area contributed by atoms with Crippen LogP contribution in [-0.4, -0.2) is 28.4 Å². The molecule has 1 N–H and O–H groups in total. The topological polar surface area (TPSA) is 73.2 Å². The molecule has 0 unspecified atom stereocenters. The molecule has 0 amide bonds. The lowest BCUT2D eigenvalue weighted by atomic mass is 9.45. The number of carbonyl (C=O) groups excluding carboxylic acids is 1. The molecule has 0 spiro atoms. The first kappa shape index (κ1) is 19.9. The molecule has 4 atom stereocenters. The van der Waals surface area contributed by atoms with E-state index in [-0.39, 0.29) is 11.5 Å². The molecule has 7 heteroatoms. The Balaban J connectivity index is 1.57. The molecule has 0 saturated heterocycles. The summed E-state index contributed by atoms with van der Waals surface area (Å²) in [5, 5.41) is 7.97. The lowest BCUT2D eigenvalue weighted by molar-refractivity contribution is -0.160. The molecule has 4 aliphatic rings. The van der Waals surface area contributed by atoms with E-state index in [1.165, 1.54) is 11.1 Å². The maximum Gasteiger partial charge on any atom is 0.334 e. The van der Waals surface area contributed by atoms with Crippen LogP contribution in [0.4, 0.5) is 5.69 Å². The number of hydrogen-bond donors (Lipinski definition) is 1. The van der Waals surface area contributed by atoms with Crippen molar-refractivity contribution >= 4 is 27.6 Å². The maximum absolute atomic E-state index is 13.0. The Bertz CT molecular complexity index is 846. The second-order valence-corrected chi connectivity index (χ2v) is 10.2.